The van der Waals surface area contributed by atoms with E-state index < -0.39 is 17.2 Å². The molecule has 7 heteroatoms. The molecule has 1 aliphatic rings. The standard InChI is InChI=1S/C26H21ClF2N2O2/c1-26(10-5-11-31(26)16-17-12-20(28)15-21(29)13-17)25(33)30-23-9-8-19(27)14-22(23)24(32)18-6-3-2-4-7-18/h2-9,11-15H,10,16H2,1H3,(H,30,33)/t26-/m1/s1. The third-order valence-electron chi connectivity index (χ3n) is 5.71. The lowest BCUT2D eigenvalue weighted by Crippen LogP contribution is -2.49. The van der Waals surface area contributed by atoms with Gasteiger partial charge in [0, 0.05) is 28.8 Å². The molecule has 33 heavy (non-hydrogen) atoms. The minimum atomic E-state index is -1.02. The number of benzene rings is 3. The number of halogens is 3. The molecule has 0 saturated heterocycles. The van der Waals surface area contributed by atoms with Crippen LogP contribution in [0.5, 0.6) is 0 Å². The van der Waals surface area contributed by atoms with E-state index in [2.05, 4.69) is 5.32 Å². The first-order valence-corrected chi connectivity index (χ1v) is 10.7. The highest BCUT2D eigenvalue weighted by molar-refractivity contribution is 6.31. The Morgan fingerprint density at radius 3 is 2.42 bits per heavy atom. The smallest absolute Gasteiger partial charge is 0.250 e. The third-order valence-corrected chi connectivity index (χ3v) is 5.94. The summed E-state index contributed by atoms with van der Waals surface area (Å²) in [5.41, 5.74) is 0.469. The van der Waals surface area contributed by atoms with E-state index >= 15 is 0 Å². The van der Waals surface area contributed by atoms with Crippen molar-refractivity contribution >= 4 is 29.0 Å². The van der Waals surface area contributed by atoms with Gasteiger partial charge < -0.3 is 10.2 Å². The van der Waals surface area contributed by atoms with E-state index in [1.54, 1.807) is 54.4 Å². The van der Waals surface area contributed by atoms with Gasteiger partial charge in [0.25, 0.3) is 0 Å². The summed E-state index contributed by atoms with van der Waals surface area (Å²) in [7, 11) is 0. The van der Waals surface area contributed by atoms with Crippen LogP contribution in [0.2, 0.25) is 5.02 Å². The Bertz CT molecular complexity index is 1230. The van der Waals surface area contributed by atoms with E-state index in [-0.39, 0.29) is 23.8 Å². The van der Waals surface area contributed by atoms with Gasteiger partial charge >= 0.3 is 0 Å². The highest BCUT2D eigenvalue weighted by atomic mass is 35.5. The lowest BCUT2D eigenvalue weighted by molar-refractivity contribution is -0.125. The molecule has 3 aromatic carbocycles. The second-order valence-electron chi connectivity index (χ2n) is 8.11. The average Bonchev–Trinajstić information content (AvgIpc) is 3.15. The quantitative estimate of drug-likeness (QED) is 0.455. The van der Waals surface area contributed by atoms with Gasteiger partial charge in [-0.15, -0.1) is 0 Å². The van der Waals surface area contributed by atoms with Crippen LogP contribution in [0.15, 0.2) is 79.0 Å². The summed E-state index contributed by atoms with van der Waals surface area (Å²) in [6, 6.07) is 16.7. The fourth-order valence-electron chi connectivity index (χ4n) is 3.86. The van der Waals surface area contributed by atoms with Crippen LogP contribution in [0.25, 0.3) is 0 Å². The Kier molecular flexibility index (Phi) is 6.29. The van der Waals surface area contributed by atoms with E-state index in [0.717, 1.165) is 6.07 Å². The monoisotopic (exact) mass is 466 g/mol. The van der Waals surface area contributed by atoms with Crippen molar-refractivity contribution < 1.29 is 18.4 Å². The van der Waals surface area contributed by atoms with Gasteiger partial charge in [0.1, 0.15) is 17.2 Å². The second kappa shape index (κ2) is 9.16. The maximum atomic E-state index is 13.6. The molecule has 0 aromatic heterocycles. The summed E-state index contributed by atoms with van der Waals surface area (Å²) < 4.78 is 27.3. The Balaban J connectivity index is 1.59. The molecule has 0 radical (unpaired) electrons. The van der Waals surface area contributed by atoms with Crippen molar-refractivity contribution in [1.82, 2.24) is 4.90 Å². The zero-order valence-electron chi connectivity index (χ0n) is 17.8. The van der Waals surface area contributed by atoms with Crippen molar-refractivity contribution in [3.63, 3.8) is 0 Å². The predicted octanol–water partition coefficient (Wildman–Crippen LogP) is 5.97. The summed E-state index contributed by atoms with van der Waals surface area (Å²) in [4.78, 5) is 28.2. The molecular weight excluding hydrogens is 446 g/mol. The molecule has 4 rings (SSSR count). The lowest BCUT2D eigenvalue weighted by atomic mass is 9.95. The summed E-state index contributed by atoms with van der Waals surface area (Å²) >= 11 is 6.13. The highest BCUT2D eigenvalue weighted by Gasteiger charge is 2.40. The van der Waals surface area contributed by atoms with Crippen LogP contribution in [0.3, 0.4) is 0 Å². The second-order valence-corrected chi connectivity index (χ2v) is 8.54. The van der Waals surface area contributed by atoms with Gasteiger partial charge in [-0.2, -0.15) is 0 Å². The van der Waals surface area contributed by atoms with Crippen molar-refractivity contribution in [1.29, 1.82) is 0 Å². The van der Waals surface area contributed by atoms with Gasteiger partial charge in [-0.1, -0.05) is 48.0 Å². The summed E-state index contributed by atoms with van der Waals surface area (Å²) in [6.45, 7) is 1.89. The number of carbonyl (C=O) groups is 2. The molecule has 0 unspecified atom stereocenters. The number of rotatable bonds is 6. The molecule has 1 heterocycles. The Hall–Kier alpha value is -3.51. The van der Waals surface area contributed by atoms with Gasteiger partial charge in [-0.3, -0.25) is 9.59 Å². The van der Waals surface area contributed by atoms with Crippen LogP contribution in [-0.4, -0.2) is 22.1 Å². The number of amides is 1. The van der Waals surface area contributed by atoms with Gasteiger partial charge in [0.15, 0.2) is 5.78 Å². The van der Waals surface area contributed by atoms with Crippen molar-refractivity contribution in [2.24, 2.45) is 0 Å². The Labute approximate surface area is 195 Å². The number of hydrogen-bond acceptors (Lipinski definition) is 3. The van der Waals surface area contributed by atoms with Gasteiger partial charge in [0.05, 0.1) is 5.69 Å². The number of anilines is 1. The number of nitrogens with zero attached hydrogens (tertiary/aromatic N) is 1. The molecule has 3 aromatic rings. The van der Waals surface area contributed by atoms with Gasteiger partial charge in [-0.25, -0.2) is 8.78 Å². The highest BCUT2D eigenvalue weighted by Crippen LogP contribution is 2.32. The summed E-state index contributed by atoms with van der Waals surface area (Å²) in [6.07, 6.45) is 3.96. The zero-order valence-corrected chi connectivity index (χ0v) is 18.6. The molecule has 0 fully saturated rings. The molecule has 168 valence electrons. The molecule has 1 aliphatic heterocycles. The van der Waals surface area contributed by atoms with E-state index in [1.165, 1.54) is 18.2 Å². The van der Waals surface area contributed by atoms with Crippen LogP contribution >= 0.6 is 11.6 Å². The first-order valence-electron chi connectivity index (χ1n) is 10.4. The van der Waals surface area contributed by atoms with Crippen molar-refractivity contribution in [2.75, 3.05) is 5.32 Å². The molecule has 0 spiro atoms. The summed E-state index contributed by atoms with van der Waals surface area (Å²) in [5.74, 6) is -1.97. The molecular formula is C26H21ClF2N2O2. The number of ketones is 1. The van der Waals surface area contributed by atoms with E-state index in [9.17, 15) is 18.4 Å². The van der Waals surface area contributed by atoms with Crippen LogP contribution < -0.4 is 5.32 Å². The first kappa shape index (κ1) is 22.7. The SMILES string of the molecule is C[C@]1(C(=O)Nc2ccc(Cl)cc2C(=O)c2ccccc2)CC=CN1Cc1cc(F)cc(F)c1. The fraction of sp³-hybridized carbons (Fsp3) is 0.154. The van der Waals surface area contributed by atoms with E-state index in [0.29, 0.717) is 28.3 Å². The zero-order chi connectivity index (χ0) is 23.6. The third kappa shape index (κ3) is 4.81. The number of carbonyl (C=O) groups excluding carboxylic acids is 2. The molecule has 1 N–H and O–H groups in total. The van der Waals surface area contributed by atoms with Crippen LogP contribution in [0, 0.1) is 11.6 Å². The minimum absolute atomic E-state index is 0.144. The maximum absolute atomic E-state index is 13.6. The molecule has 4 nitrogen and oxygen atoms in total. The Morgan fingerprint density at radius 2 is 1.73 bits per heavy atom. The summed E-state index contributed by atoms with van der Waals surface area (Å²) in [5, 5.41) is 3.23. The fourth-order valence-corrected chi connectivity index (χ4v) is 4.03. The number of hydrogen-bond donors (Lipinski definition) is 1. The lowest BCUT2D eigenvalue weighted by Gasteiger charge is -2.35. The van der Waals surface area contributed by atoms with Crippen molar-refractivity contribution in [2.45, 2.75) is 25.4 Å². The topological polar surface area (TPSA) is 49.4 Å². The number of nitrogens with one attached hydrogen (secondary N) is 1. The Morgan fingerprint density at radius 1 is 1.03 bits per heavy atom. The van der Waals surface area contributed by atoms with Gasteiger partial charge in [0.2, 0.25) is 5.91 Å². The van der Waals surface area contributed by atoms with E-state index in [4.69, 9.17) is 11.6 Å². The predicted molar refractivity (Wildman–Crippen MR) is 124 cm³/mol. The maximum Gasteiger partial charge on any atom is 0.250 e. The average molecular weight is 467 g/mol. The normalized spacial score (nSPS) is 17.3. The molecule has 1 atom stereocenters. The van der Waals surface area contributed by atoms with Crippen LogP contribution in [-0.2, 0) is 11.3 Å². The minimum Gasteiger partial charge on any atom is -0.359 e. The first-order chi connectivity index (χ1) is 15.8. The van der Waals surface area contributed by atoms with Crippen LogP contribution in [0.4, 0.5) is 14.5 Å². The van der Waals surface area contributed by atoms with Crippen molar-refractivity contribution in [3.05, 3.63) is 112 Å². The van der Waals surface area contributed by atoms with Crippen LogP contribution in [0.1, 0.15) is 34.8 Å². The van der Waals surface area contributed by atoms with Crippen molar-refractivity contribution in [3.8, 4) is 0 Å². The molecule has 0 saturated carbocycles. The van der Waals surface area contributed by atoms with E-state index in [1.807, 2.05) is 12.1 Å². The molecule has 0 bridgehead atoms. The molecule has 1 amide bonds. The van der Waals surface area contributed by atoms with Gasteiger partial charge in [-0.05, 0) is 55.4 Å². The largest absolute Gasteiger partial charge is 0.359 e. The molecule has 0 aliphatic carbocycles.